The standard InChI is InChI=1S/C15H14N2O2/c18-13-11-3-1-2-4-12(11)16-14-15-6-5-10(19-15)7-9(15)8-17(13)14/h1-6,9-10,14,16H,7-8H2. The van der Waals surface area contributed by atoms with Crippen LogP contribution in [0.5, 0.6) is 0 Å². The molecule has 4 nitrogen and oxygen atoms in total. The summed E-state index contributed by atoms with van der Waals surface area (Å²) in [5.74, 6) is 0.557. The molecule has 0 radical (unpaired) electrons. The average molecular weight is 254 g/mol. The Balaban J connectivity index is 1.66. The molecule has 5 rings (SSSR count). The molecule has 0 aliphatic carbocycles. The van der Waals surface area contributed by atoms with E-state index in [9.17, 15) is 4.79 Å². The smallest absolute Gasteiger partial charge is 0.257 e. The fourth-order valence-corrected chi connectivity index (χ4v) is 4.09. The Morgan fingerprint density at radius 2 is 2.26 bits per heavy atom. The van der Waals surface area contributed by atoms with Crippen molar-refractivity contribution in [3.05, 3.63) is 42.0 Å². The maximum atomic E-state index is 12.6. The molecule has 1 spiro atoms. The number of amides is 1. The van der Waals surface area contributed by atoms with E-state index in [1.165, 1.54) is 0 Å². The number of anilines is 1. The number of para-hydroxylation sites is 1. The summed E-state index contributed by atoms with van der Waals surface area (Å²) in [6, 6.07) is 7.73. The lowest BCUT2D eigenvalue weighted by Gasteiger charge is -2.38. The van der Waals surface area contributed by atoms with Gasteiger partial charge in [0.1, 0.15) is 11.8 Å². The van der Waals surface area contributed by atoms with Gasteiger partial charge in [-0.1, -0.05) is 18.2 Å². The second-order valence-corrected chi connectivity index (χ2v) is 5.85. The first-order valence-corrected chi connectivity index (χ1v) is 6.82. The lowest BCUT2D eigenvalue weighted by Crippen LogP contribution is -2.54. The molecule has 0 aromatic heterocycles. The highest BCUT2D eigenvalue weighted by Crippen LogP contribution is 2.52. The first-order valence-electron chi connectivity index (χ1n) is 6.82. The van der Waals surface area contributed by atoms with Crippen molar-refractivity contribution in [2.45, 2.75) is 24.3 Å². The molecule has 2 bridgehead atoms. The zero-order chi connectivity index (χ0) is 12.6. The van der Waals surface area contributed by atoms with Crippen LogP contribution in [0.2, 0.25) is 0 Å². The predicted octanol–water partition coefficient (Wildman–Crippen LogP) is 1.61. The largest absolute Gasteiger partial charge is 0.362 e. The van der Waals surface area contributed by atoms with E-state index in [0.29, 0.717) is 5.92 Å². The third kappa shape index (κ3) is 1.03. The SMILES string of the molecule is O=C1c2ccccc2NC2N1CC1CC3C=CC12O3. The number of rotatable bonds is 0. The molecule has 2 saturated heterocycles. The third-order valence-electron chi connectivity index (χ3n) is 4.95. The van der Waals surface area contributed by atoms with Gasteiger partial charge < -0.3 is 15.0 Å². The maximum absolute atomic E-state index is 12.6. The average Bonchev–Trinajstić information content (AvgIpc) is 3.08. The van der Waals surface area contributed by atoms with Crippen LogP contribution in [-0.2, 0) is 4.74 Å². The van der Waals surface area contributed by atoms with Gasteiger partial charge in [-0.05, 0) is 24.6 Å². The molecule has 19 heavy (non-hydrogen) atoms. The van der Waals surface area contributed by atoms with Crippen molar-refractivity contribution in [2.24, 2.45) is 5.92 Å². The molecule has 96 valence electrons. The van der Waals surface area contributed by atoms with Crippen molar-refractivity contribution >= 4 is 11.6 Å². The van der Waals surface area contributed by atoms with Crippen LogP contribution in [0.25, 0.3) is 0 Å². The summed E-state index contributed by atoms with van der Waals surface area (Å²) in [4.78, 5) is 14.6. The molecule has 4 unspecified atom stereocenters. The van der Waals surface area contributed by atoms with E-state index >= 15 is 0 Å². The molecular weight excluding hydrogens is 240 g/mol. The van der Waals surface area contributed by atoms with Crippen LogP contribution in [0.3, 0.4) is 0 Å². The lowest BCUT2D eigenvalue weighted by atomic mass is 9.84. The Bertz CT molecular complexity index is 626. The molecule has 4 aliphatic rings. The van der Waals surface area contributed by atoms with Crippen LogP contribution >= 0.6 is 0 Å². The van der Waals surface area contributed by atoms with Gasteiger partial charge in [0.05, 0.1) is 11.7 Å². The van der Waals surface area contributed by atoms with E-state index in [1.54, 1.807) is 0 Å². The second-order valence-electron chi connectivity index (χ2n) is 5.85. The monoisotopic (exact) mass is 254 g/mol. The molecule has 1 amide bonds. The van der Waals surface area contributed by atoms with Gasteiger partial charge in [0.25, 0.3) is 5.91 Å². The maximum Gasteiger partial charge on any atom is 0.257 e. The molecule has 4 atom stereocenters. The van der Waals surface area contributed by atoms with E-state index in [-0.39, 0.29) is 23.8 Å². The van der Waals surface area contributed by atoms with Crippen molar-refractivity contribution in [3.8, 4) is 0 Å². The first-order chi connectivity index (χ1) is 9.28. The summed E-state index contributed by atoms with van der Waals surface area (Å²) in [5.41, 5.74) is 1.40. The van der Waals surface area contributed by atoms with E-state index in [2.05, 4.69) is 17.5 Å². The third-order valence-corrected chi connectivity index (χ3v) is 4.95. The van der Waals surface area contributed by atoms with Crippen molar-refractivity contribution in [1.82, 2.24) is 4.90 Å². The minimum absolute atomic E-state index is 0.0522. The molecule has 0 saturated carbocycles. The quantitative estimate of drug-likeness (QED) is 0.715. The number of nitrogens with zero attached hydrogens (tertiary/aromatic N) is 1. The van der Waals surface area contributed by atoms with E-state index < -0.39 is 0 Å². The van der Waals surface area contributed by atoms with Crippen molar-refractivity contribution < 1.29 is 9.53 Å². The zero-order valence-corrected chi connectivity index (χ0v) is 10.4. The van der Waals surface area contributed by atoms with Crippen molar-refractivity contribution in [3.63, 3.8) is 0 Å². The molecular formula is C15H14N2O2. The van der Waals surface area contributed by atoms with Gasteiger partial charge in [0.15, 0.2) is 0 Å². The van der Waals surface area contributed by atoms with Gasteiger partial charge in [0.2, 0.25) is 0 Å². The predicted molar refractivity (Wildman–Crippen MR) is 69.7 cm³/mol. The van der Waals surface area contributed by atoms with E-state index in [0.717, 1.165) is 24.2 Å². The van der Waals surface area contributed by atoms with Crippen LogP contribution in [0, 0.1) is 5.92 Å². The van der Waals surface area contributed by atoms with Crippen LogP contribution in [0.4, 0.5) is 5.69 Å². The Morgan fingerprint density at radius 3 is 3.16 bits per heavy atom. The molecule has 1 aromatic rings. The molecule has 4 heteroatoms. The minimum Gasteiger partial charge on any atom is -0.362 e. The van der Waals surface area contributed by atoms with Crippen LogP contribution in [0.1, 0.15) is 16.8 Å². The van der Waals surface area contributed by atoms with Gasteiger partial charge in [-0.25, -0.2) is 0 Å². The Hall–Kier alpha value is -1.81. The number of carbonyl (C=O) groups excluding carboxylic acids is 1. The number of fused-ring (bicyclic) bond motifs is 3. The molecule has 4 heterocycles. The lowest BCUT2D eigenvalue weighted by molar-refractivity contribution is -0.00255. The Labute approximate surface area is 111 Å². The minimum atomic E-state index is -0.298. The summed E-state index contributed by atoms with van der Waals surface area (Å²) < 4.78 is 6.15. The summed E-state index contributed by atoms with van der Waals surface area (Å²) in [6.07, 6.45) is 5.55. The topological polar surface area (TPSA) is 41.6 Å². The van der Waals surface area contributed by atoms with Gasteiger partial charge in [-0.2, -0.15) is 0 Å². The Kier molecular flexibility index (Phi) is 1.59. The van der Waals surface area contributed by atoms with Crippen LogP contribution in [-0.4, -0.2) is 35.2 Å². The number of ether oxygens (including phenoxy) is 1. The van der Waals surface area contributed by atoms with E-state index in [1.807, 2.05) is 29.2 Å². The van der Waals surface area contributed by atoms with Crippen molar-refractivity contribution in [2.75, 3.05) is 11.9 Å². The van der Waals surface area contributed by atoms with E-state index in [4.69, 9.17) is 4.74 Å². The summed E-state index contributed by atoms with van der Waals surface area (Å²) >= 11 is 0. The van der Waals surface area contributed by atoms with Gasteiger partial charge in [-0.15, -0.1) is 0 Å². The molecule has 4 aliphatic heterocycles. The first kappa shape index (κ1) is 10.0. The normalized spacial score (nSPS) is 40.9. The van der Waals surface area contributed by atoms with Crippen molar-refractivity contribution in [1.29, 1.82) is 0 Å². The fourth-order valence-electron chi connectivity index (χ4n) is 4.09. The molecule has 1 N–H and O–H groups in total. The van der Waals surface area contributed by atoms with Gasteiger partial charge in [-0.3, -0.25) is 4.79 Å². The summed E-state index contributed by atoms with van der Waals surface area (Å²) in [6.45, 7) is 0.797. The highest BCUT2D eigenvalue weighted by Gasteiger charge is 2.63. The highest BCUT2D eigenvalue weighted by atomic mass is 16.5. The molecule has 1 aromatic carbocycles. The number of hydrogen-bond donors (Lipinski definition) is 1. The summed E-state index contributed by atoms with van der Waals surface area (Å²) in [5, 5.41) is 3.51. The number of nitrogens with one attached hydrogen (secondary N) is 1. The fraction of sp³-hybridized carbons (Fsp3) is 0.400. The highest BCUT2D eigenvalue weighted by molar-refractivity contribution is 6.02. The van der Waals surface area contributed by atoms with Crippen LogP contribution < -0.4 is 5.32 Å². The zero-order valence-electron chi connectivity index (χ0n) is 10.4. The van der Waals surface area contributed by atoms with Crippen LogP contribution in [0.15, 0.2) is 36.4 Å². The molecule has 2 fully saturated rings. The number of benzene rings is 1. The number of hydrogen-bond acceptors (Lipinski definition) is 3. The van der Waals surface area contributed by atoms with Gasteiger partial charge >= 0.3 is 0 Å². The Morgan fingerprint density at radius 1 is 1.37 bits per heavy atom. The van der Waals surface area contributed by atoms with Gasteiger partial charge in [0, 0.05) is 18.2 Å². The second kappa shape index (κ2) is 3.02. The number of carbonyl (C=O) groups is 1. The summed E-state index contributed by atoms with van der Waals surface area (Å²) in [7, 11) is 0.